The van der Waals surface area contributed by atoms with Crippen molar-refractivity contribution in [3.63, 3.8) is 0 Å². The molecule has 1 aliphatic heterocycles. The molecule has 29 heavy (non-hydrogen) atoms. The van der Waals surface area contributed by atoms with E-state index in [1.807, 2.05) is 6.33 Å². The molecule has 0 spiro atoms. The molecule has 0 aromatic carbocycles. The van der Waals surface area contributed by atoms with Crippen molar-refractivity contribution in [1.29, 1.82) is 0 Å². The van der Waals surface area contributed by atoms with Crippen LogP contribution in [0.4, 0.5) is 11.6 Å². The molecule has 0 saturated carbocycles. The molecule has 5 rings (SSSR count). The summed E-state index contributed by atoms with van der Waals surface area (Å²) in [6.07, 6.45) is 9.03. The first kappa shape index (κ1) is 19.0. The smallest absolute Gasteiger partial charge is 0.242 e. The molecule has 154 valence electrons. The summed E-state index contributed by atoms with van der Waals surface area (Å²) >= 11 is 1.80. The molecule has 6 nitrogen and oxygen atoms in total. The van der Waals surface area contributed by atoms with Gasteiger partial charge < -0.3 is 9.64 Å². The molecule has 0 unspecified atom stereocenters. The predicted octanol–water partition coefficient (Wildman–Crippen LogP) is 3.61. The van der Waals surface area contributed by atoms with Crippen LogP contribution in [0.1, 0.15) is 43.7 Å². The number of H-pyrrole nitrogens is 1. The zero-order chi connectivity index (χ0) is 19.8. The van der Waals surface area contributed by atoms with Gasteiger partial charge in [-0.05, 0) is 43.2 Å². The average molecular weight is 413 g/mol. The minimum absolute atomic E-state index is 0.795. The first-order valence-electron chi connectivity index (χ1n) is 11.0. The van der Waals surface area contributed by atoms with Crippen molar-refractivity contribution in [1.82, 2.24) is 9.97 Å². The summed E-state index contributed by atoms with van der Waals surface area (Å²) in [5.74, 6) is 2.37. The molecule has 1 fully saturated rings. The fourth-order valence-electron chi connectivity index (χ4n) is 4.69. The van der Waals surface area contributed by atoms with Crippen LogP contribution < -0.4 is 14.8 Å². The summed E-state index contributed by atoms with van der Waals surface area (Å²) in [5, 5.41) is 1.30. The van der Waals surface area contributed by atoms with Crippen molar-refractivity contribution in [2.75, 3.05) is 49.7 Å². The van der Waals surface area contributed by atoms with E-state index >= 15 is 0 Å². The van der Waals surface area contributed by atoms with Crippen molar-refractivity contribution >= 4 is 43.4 Å². The lowest BCUT2D eigenvalue weighted by molar-refractivity contribution is -0.366. The van der Waals surface area contributed by atoms with Gasteiger partial charge in [-0.3, -0.25) is 4.90 Å². The molecule has 7 heteroatoms. The van der Waals surface area contributed by atoms with Crippen molar-refractivity contribution in [3.05, 3.63) is 17.5 Å². The Morgan fingerprint density at radius 3 is 2.79 bits per heavy atom. The van der Waals surface area contributed by atoms with Crippen LogP contribution in [0.15, 0.2) is 6.33 Å². The summed E-state index contributed by atoms with van der Waals surface area (Å²) in [7, 11) is 2.17. The van der Waals surface area contributed by atoms with Crippen molar-refractivity contribution < 1.29 is 9.72 Å². The van der Waals surface area contributed by atoms with E-state index in [4.69, 9.17) is 14.7 Å². The zero-order valence-corrected chi connectivity index (χ0v) is 18.3. The summed E-state index contributed by atoms with van der Waals surface area (Å²) < 4.78 is 6.83. The Morgan fingerprint density at radius 1 is 1.21 bits per heavy atom. The summed E-state index contributed by atoms with van der Waals surface area (Å²) in [6.45, 7) is 6.75. The standard InChI is InChI=1S/C22H29N5OS/c1-3-4-9-26(2)21-19-18(23-14-24-21)17-15-7-5-6-8-16(15)20(25-22(17)29-19)27-10-12-28-13-11-27/h14H,3-13H2,1-2H3/p+1. The van der Waals surface area contributed by atoms with Gasteiger partial charge in [-0.1, -0.05) is 13.3 Å². The number of nitrogens with zero attached hydrogens (tertiary/aromatic N) is 4. The van der Waals surface area contributed by atoms with Crippen LogP contribution in [0.2, 0.25) is 0 Å². The maximum absolute atomic E-state index is 5.59. The normalized spacial score (nSPS) is 17.1. The molecule has 0 atom stereocenters. The number of thiophene rings is 1. The highest BCUT2D eigenvalue weighted by Gasteiger charge is 2.28. The Bertz CT molecular complexity index is 1030. The second-order valence-electron chi connectivity index (χ2n) is 8.19. The van der Waals surface area contributed by atoms with Gasteiger partial charge in [0.05, 0.1) is 32.2 Å². The van der Waals surface area contributed by atoms with E-state index in [2.05, 4.69) is 28.8 Å². The van der Waals surface area contributed by atoms with Crippen molar-refractivity contribution in [2.24, 2.45) is 0 Å². The molecule has 0 radical (unpaired) electrons. The van der Waals surface area contributed by atoms with Crippen molar-refractivity contribution in [2.45, 2.75) is 45.4 Å². The number of morpholine rings is 1. The minimum Gasteiger partial charge on any atom is -0.378 e. The Balaban J connectivity index is 1.70. The first-order chi connectivity index (χ1) is 14.3. The summed E-state index contributed by atoms with van der Waals surface area (Å²) in [4.78, 5) is 19.3. The topological polar surface area (TPSA) is 55.6 Å². The molecular formula is C22H30N5OS+. The second kappa shape index (κ2) is 8.03. The van der Waals surface area contributed by atoms with Crippen LogP contribution in [0.25, 0.3) is 20.4 Å². The highest BCUT2D eigenvalue weighted by Crippen LogP contribution is 2.42. The third-order valence-electron chi connectivity index (χ3n) is 6.26. The van der Waals surface area contributed by atoms with Crippen LogP contribution in [0, 0.1) is 0 Å². The van der Waals surface area contributed by atoms with Gasteiger partial charge in [0.25, 0.3) is 0 Å². The van der Waals surface area contributed by atoms with Crippen molar-refractivity contribution in [3.8, 4) is 0 Å². The van der Waals surface area contributed by atoms with Crippen LogP contribution in [0.3, 0.4) is 0 Å². The van der Waals surface area contributed by atoms with Crippen LogP contribution in [0.5, 0.6) is 0 Å². The SMILES string of the molecule is CCCCN(C)c1[nH+]cnc2c1sc1nc(N3CCOCC3)c3c(c12)CCCC3. The molecule has 1 aliphatic carbocycles. The van der Waals surface area contributed by atoms with E-state index in [1.54, 1.807) is 11.3 Å². The number of anilines is 2. The number of nitrogens with one attached hydrogen (secondary N) is 1. The number of aryl methyl sites for hydroxylation is 1. The Labute approximate surface area is 175 Å². The van der Waals surface area contributed by atoms with Gasteiger partial charge in [0.15, 0.2) is 5.52 Å². The molecule has 2 aliphatic rings. The van der Waals surface area contributed by atoms with Gasteiger partial charge in [-0.15, -0.1) is 16.3 Å². The number of hydrogen-bond acceptors (Lipinski definition) is 6. The maximum Gasteiger partial charge on any atom is 0.242 e. The molecule has 1 saturated heterocycles. The third-order valence-corrected chi connectivity index (χ3v) is 7.34. The highest BCUT2D eigenvalue weighted by atomic mass is 32.1. The summed E-state index contributed by atoms with van der Waals surface area (Å²) in [5.41, 5.74) is 4.08. The first-order valence-corrected chi connectivity index (χ1v) is 11.8. The lowest BCUT2D eigenvalue weighted by Gasteiger charge is -2.31. The number of rotatable bonds is 5. The van der Waals surface area contributed by atoms with E-state index < -0.39 is 0 Å². The fourth-order valence-corrected chi connectivity index (χ4v) is 5.90. The van der Waals surface area contributed by atoms with Gasteiger partial charge in [0.1, 0.15) is 15.3 Å². The zero-order valence-electron chi connectivity index (χ0n) is 17.5. The Kier molecular flexibility index (Phi) is 5.26. The van der Waals surface area contributed by atoms with Gasteiger partial charge >= 0.3 is 0 Å². The quantitative estimate of drug-likeness (QED) is 0.641. The number of unbranched alkanes of at least 4 members (excludes halogenated alkanes) is 1. The van der Waals surface area contributed by atoms with Gasteiger partial charge in [0, 0.05) is 13.1 Å². The molecule has 3 aromatic heterocycles. The van der Waals surface area contributed by atoms with Gasteiger partial charge in [-0.25, -0.2) is 9.97 Å². The highest BCUT2D eigenvalue weighted by molar-refractivity contribution is 7.26. The van der Waals surface area contributed by atoms with E-state index in [1.165, 1.54) is 58.5 Å². The number of hydrogen-bond donors (Lipinski definition) is 0. The van der Waals surface area contributed by atoms with Gasteiger partial charge in [0.2, 0.25) is 12.1 Å². The molecule has 4 heterocycles. The van der Waals surface area contributed by atoms with E-state index in [9.17, 15) is 0 Å². The Morgan fingerprint density at radius 2 is 2.00 bits per heavy atom. The number of aromatic nitrogens is 3. The van der Waals surface area contributed by atoms with E-state index in [0.29, 0.717) is 0 Å². The van der Waals surface area contributed by atoms with E-state index in [-0.39, 0.29) is 0 Å². The van der Waals surface area contributed by atoms with Crippen LogP contribution in [-0.2, 0) is 17.6 Å². The van der Waals surface area contributed by atoms with Gasteiger partial charge in [-0.2, -0.15) is 0 Å². The fraction of sp³-hybridized carbons (Fsp3) is 0.591. The summed E-state index contributed by atoms with van der Waals surface area (Å²) in [6, 6.07) is 0. The predicted molar refractivity (Wildman–Crippen MR) is 119 cm³/mol. The number of ether oxygens (including phenoxy) is 1. The second-order valence-corrected chi connectivity index (χ2v) is 9.18. The third kappa shape index (κ3) is 3.34. The van der Waals surface area contributed by atoms with Crippen LogP contribution in [-0.4, -0.2) is 49.9 Å². The average Bonchev–Trinajstić information content (AvgIpc) is 3.16. The lowest BCUT2D eigenvalue weighted by Crippen LogP contribution is -2.37. The maximum atomic E-state index is 5.59. The molecule has 3 aromatic rings. The Hall–Kier alpha value is -1.99. The van der Waals surface area contributed by atoms with Crippen LogP contribution >= 0.6 is 11.3 Å². The number of fused-ring (bicyclic) bond motifs is 5. The lowest BCUT2D eigenvalue weighted by atomic mass is 9.90. The molecule has 0 amide bonds. The van der Waals surface area contributed by atoms with E-state index in [0.717, 1.165) is 56.0 Å². The monoisotopic (exact) mass is 412 g/mol. The molecule has 0 bridgehead atoms. The molecule has 1 N–H and O–H groups in total. The minimum atomic E-state index is 0.795. The molecular weight excluding hydrogens is 382 g/mol. The number of aromatic amines is 1. The number of pyridine rings is 1. The largest absolute Gasteiger partial charge is 0.378 e.